The molecule has 0 bridgehead atoms. The van der Waals surface area contributed by atoms with Crippen LogP contribution in [0.2, 0.25) is 0 Å². The van der Waals surface area contributed by atoms with Gasteiger partial charge in [0.05, 0.1) is 11.9 Å². The molecule has 142 valence electrons. The second kappa shape index (κ2) is 7.90. The van der Waals surface area contributed by atoms with E-state index in [9.17, 15) is 14.4 Å². The van der Waals surface area contributed by atoms with E-state index in [0.717, 1.165) is 5.69 Å². The summed E-state index contributed by atoms with van der Waals surface area (Å²) in [7, 11) is 0. The summed E-state index contributed by atoms with van der Waals surface area (Å²) in [6.07, 6.45) is 3.51. The van der Waals surface area contributed by atoms with Gasteiger partial charge in [-0.05, 0) is 25.5 Å². The number of amides is 4. The summed E-state index contributed by atoms with van der Waals surface area (Å²) in [6.45, 7) is 2.71. The van der Waals surface area contributed by atoms with E-state index in [0.29, 0.717) is 25.2 Å². The van der Waals surface area contributed by atoms with Crippen LogP contribution in [0, 0.1) is 0 Å². The largest absolute Gasteiger partial charge is 0.368 e. The van der Waals surface area contributed by atoms with Crippen molar-refractivity contribution in [3.63, 3.8) is 0 Å². The molecule has 1 aromatic heterocycles. The lowest BCUT2D eigenvalue weighted by Gasteiger charge is -2.26. The van der Waals surface area contributed by atoms with E-state index in [1.807, 2.05) is 37.3 Å². The molecule has 0 radical (unpaired) electrons. The van der Waals surface area contributed by atoms with Gasteiger partial charge in [-0.15, -0.1) is 0 Å². The highest BCUT2D eigenvalue weighted by molar-refractivity contribution is 6.02. The minimum Gasteiger partial charge on any atom is -0.368 e. The maximum absolute atomic E-state index is 12.8. The molecule has 3 N–H and O–H groups in total. The third-order valence-electron chi connectivity index (χ3n) is 4.43. The van der Waals surface area contributed by atoms with Crippen LogP contribution in [0.25, 0.3) is 0 Å². The van der Waals surface area contributed by atoms with Crippen molar-refractivity contribution in [2.24, 2.45) is 5.73 Å². The van der Waals surface area contributed by atoms with Crippen molar-refractivity contribution >= 4 is 29.2 Å². The fourth-order valence-corrected chi connectivity index (χ4v) is 3.19. The first-order chi connectivity index (χ1) is 13.0. The summed E-state index contributed by atoms with van der Waals surface area (Å²) < 4.78 is 1.34. The fraction of sp³-hybridized carbons (Fsp3) is 0.333. The van der Waals surface area contributed by atoms with Crippen LogP contribution in [0.4, 0.5) is 16.2 Å². The van der Waals surface area contributed by atoms with E-state index >= 15 is 0 Å². The maximum atomic E-state index is 12.8. The van der Waals surface area contributed by atoms with Gasteiger partial charge in [0.1, 0.15) is 12.6 Å². The first-order valence-electron chi connectivity index (χ1n) is 8.74. The summed E-state index contributed by atoms with van der Waals surface area (Å²) in [6, 6.07) is 8.51. The van der Waals surface area contributed by atoms with Crippen molar-refractivity contribution in [1.82, 2.24) is 14.7 Å². The van der Waals surface area contributed by atoms with E-state index in [1.165, 1.54) is 22.0 Å². The fourth-order valence-electron chi connectivity index (χ4n) is 3.19. The van der Waals surface area contributed by atoms with Gasteiger partial charge in [0, 0.05) is 25.0 Å². The highest BCUT2D eigenvalue weighted by Crippen LogP contribution is 2.24. The zero-order valence-electron chi connectivity index (χ0n) is 15.0. The van der Waals surface area contributed by atoms with Gasteiger partial charge in [0.15, 0.2) is 0 Å². The van der Waals surface area contributed by atoms with Gasteiger partial charge >= 0.3 is 6.03 Å². The number of nitrogens with zero attached hydrogens (tertiary/aromatic N) is 4. The highest BCUT2D eigenvalue weighted by atomic mass is 16.2. The van der Waals surface area contributed by atoms with Crippen LogP contribution in [0.15, 0.2) is 42.7 Å². The molecule has 1 aliphatic heterocycles. The number of hydrogen-bond acceptors (Lipinski definition) is 4. The molecule has 9 heteroatoms. The molecule has 1 fully saturated rings. The lowest BCUT2D eigenvalue weighted by atomic mass is 10.2. The van der Waals surface area contributed by atoms with Crippen LogP contribution in [0.5, 0.6) is 0 Å². The van der Waals surface area contributed by atoms with Gasteiger partial charge in [-0.25, -0.2) is 4.79 Å². The number of carbonyl (C=O) groups is 3. The molecule has 0 aliphatic carbocycles. The molecule has 4 amide bonds. The lowest BCUT2D eigenvalue weighted by molar-refractivity contribution is -0.121. The normalized spacial score (nSPS) is 16.4. The molecular weight excluding hydrogens is 348 g/mol. The van der Waals surface area contributed by atoms with Crippen molar-refractivity contribution in [1.29, 1.82) is 0 Å². The minimum atomic E-state index is -0.524. The van der Waals surface area contributed by atoms with Crippen LogP contribution < -0.4 is 16.0 Å². The molecule has 0 saturated carbocycles. The van der Waals surface area contributed by atoms with Gasteiger partial charge in [0.25, 0.3) is 0 Å². The van der Waals surface area contributed by atoms with Crippen molar-refractivity contribution in [3.05, 3.63) is 42.7 Å². The quantitative estimate of drug-likeness (QED) is 0.790. The number of hydrogen-bond donors (Lipinski definition) is 2. The number of nitrogens with one attached hydrogen (secondary N) is 1. The average Bonchev–Trinajstić information content (AvgIpc) is 3.23. The molecule has 9 nitrogen and oxygen atoms in total. The first kappa shape index (κ1) is 18.4. The smallest absolute Gasteiger partial charge is 0.322 e. The zero-order valence-corrected chi connectivity index (χ0v) is 15.0. The van der Waals surface area contributed by atoms with Gasteiger partial charge in [-0.1, -0.05) is 18.2 Å². The number of aromatic nitrogens is 2. The van der Waals surface area contributed by atoms with Crippen molar-refractivity contribution in [2.75, 3.05) is 23.3 Å². The SMILES string of the molecule is CCN(C(=O)Nc1cnn(CC(N)=O)c1)[C@H]1CCN(c2ccccc2)C1=O. The van der Waals surface area contributed by atoms with Gasteiger partial charge in [-0.3, -0.25) is 14.3 Å². The van der Waals surface area contributed by atoms with Gasteiger partial charge in [0.2, 0.25) is 11.8 Å². The number of nitrogens with two attached hydrogens (primary N) is 1. The molecular formula is C18H22N6O3. The van der Waals surface area contributed by atoms with Crippen LogP contribution in [0.1, 0.15) is 13.3 Å². The molecule has 2 aromatic rings. The van der Waals surface area contributed by atoms with E-state index in [1.54, 1.807) is 4.90 Å². The predicted molar refractivity (Wildman–Crippen MR) is 100 cm³/mol. The number of likely N-dealkylation sites (N-methyl/N-ethyl adjacent to an activating group) is 1. The van der Waals surface area contributed by atoms with Gasteiger partial charge < -0.3 is 20.9 Å². The maximum Gasteiger partial charge on any atom is 0.322 e. The summed E-state index contributed by atoms with van der Waals surface area (Å²) in [5, 5.41) is 6.69. The Morgan fingerprint density at radius 1 is 1.33 bits per heavy atom. The zero-order chi connectivity index (χ0) is 19.4. The van der Waals surface area contributed by atoms with Gasteiger partial charge in [-0.2, -0.15) is 5.10 Å². The Balaban J connectivity index is 1.67. The molecule has 1 saturated heterocycles. The summed E-state index contributed by atoms with van der Waals surface area (Å²) in [5.41, 5.74) is 6.39. The van der Waals surface area contributed by atoms with E-state index in [2.05, 4.69) is 10.4 Å². The van der Waals surface area contributed by atoms with Crippen molar-refractivity contribution in [3.8, 4) is 0 Å². The summed E-state index contributed by atoms with van der Waals surface area (Å²) >= 11 is 0. The van der Waals surface area contributed by atoms with Crippen LogP contribution in [0.3, 0.4) is 0 Å². The number of carbonyl (C=O) groups excluding carboxylic acids is 3. The lowest BCUT2D eigenvalue weighted by Crippen LogP contribution is -2.47. The summed E-state index contributed by atoms with van der Waals surface area (Å²) in [4.78, 5) is 39.6. The Morgan fingerprint density at radius 3 is 2.74 bits per heavy atom. The molecule has 1 atom stereocenters. The van der Waals surface area contributed by atoms with Crippen molar-refractivity contribution in [2.45, 2.75) is 25.9 Å². The number of primary amides is 1. The Labute approximate surface area is 156 Å². The molecule has 0 spiro atoms. The standard InChI is InChI=1S/C18H22N6O3/c1-2-23(18(27)21-13-10-20-22(11-13)12-16(19)25)15-8-9-24(17(15)26)14-6-4-3-5-7-14/h3-7,10-11,15H,2,8-9,12H2,1H3,(H2,19,25)(H,21,27)/t15-/m0/s1. The number of para-hydroxylation sites is 1. The first-order valence-corrected chi connectivity index (χ1v) is 8.74. The van der Waals surface area contributed by atoms with E-state index < -0.39 is 11.9 Å². The monoisotopic (exact) mass is 370 g/mol. The summed E-state index contributed by atoms with van der Waals surface area (Å²) in [5.74, 6) is -0.619. The number of rotatable bonds is 6. The topological polar surface area (TPSA) is 114 Å². The second-order valence-corrected chi connectivity index (χ2v) is 6.24. The third kappa shape index (κ3) is 4.08. The van der Waals surface area contributed by atoms with Crippen molar-refractivity contribution < 1.29 is 14.4 Å². The van der Waals surface area contributed by atoms with E-state index in [-0.39, 0.29) is 18.5 Å². The molecule has 1 aliphatic rings. The molecule has 1 aromatic carbocycles. The molecule has 27 heavy (non-hydrogen) atoms. The molecule has 0 unspecified atom stereocenters. The Hall–Kier alpha value is -3.36. The van der Waals surface area contributed by atoms with Crippen LogP contribution in [-0.4, -0.2) is 51.7 Å². The number of urea groups is 1. The Kier molecular flexibility index (Phi) is 5.39. The minimum absolute atomic E-state index is 0.0689. The number of benzene rings is 1. The Bertz CT molecular complexity index is 835. The van der Waals surface area contributed by atoms with E-state index in [4.69, 9.17) is 5.73 Å². The second-order valence-electron chi connectivity index (χ2n) is 6.24. The molecule has 3 rings (SSSR count). The van der Waals surface area contributed by atoms with Crippen LogP contribution >= 0.6 is 0 Å². The Morgan fingerprint density at radius 2 is 2.07 bits per heavy atom. The molecule has 2 heterocycles. The van der Waals surface area contributed by atoms with Crippen LogP contribution in [-0.2, 0) is 16.1 Å². The third-order valence-corrected chi connectivity index (χ3v) is 4.43. The highest BCUT2D eigenvalue weighted by Gasteiger charge is 2.38. The average molecular weight is 370 g/mol. The number of anilines is 2. The predicted octanol–water partition coefficient (Wildman–Crippen LogP) is 1.03.